The molecule has 2 fully saturated rings. The molecular formula is C17H15F3N2O. The Morgan fingerprint density at radius 3 is 2.83 bits per heavy atom. The van der Waals surface area contributed by atoms with Crippen molar-refractivity contribution in [2.75, 3.05) is 6.54 Å². The predicted molar refractivity (Wildman–Crippen MR) is 79.8 cm³/mol. The van der Waals surface area contributed by atoms with Crippen LogP contribution >= 0.6 is 0 Å². The number of alkyl halides is 3. The number of halogens is 3. The number of allylic oxidation sites excluding steroid dienone is 1. The molecule has 1 amide bonds. The molecule has 1 aliphatic carbocycles. The summed E-state index contributed by atoms with van der Waals surface area (Å²) in [5.74, 6) is -1.76. The lowest BCUT2D eigenvalue weighted by molar-refractivity contribution is -0.187. The van der Waals surface area contributed by atoms with E-state index in [0.29, 0.717) is 25.0 Å². The van der Waals surface area contributed by atoms with Crippen molar-refractivity contribution in [3.05, 3.63) is 42.0 Å². The van der Waals surface area contributed by atoms with Crippen LogP contribution in [0.25, 0.3) is 0 Å². The van der Waals surface area contributed by atoms with Crippen molar-refractivity contribution in [1.29, 1.82) is 0 Å². The summed E-state index contributed by atoms with van der Waals surface area (Å²) < 4.78 is 38.7. The van der Waals surface area contributed by atoms with Crippen molar-refractivity contribution in [3.8, 4) is 0 Å². The molecule has 1 saturated heterocycles. The Bertz CT molecular complexity index is 752. The topological polar surface area (TPSA) is 32.7 Å². The number of amides is 1. The maximum atomic E-state index is 12.9. The van der Waals surface area contributed by atoms with Crippen LogP contribution in [0.3, 0.4) is 0 Å². The zero-order valence-electron chi connectivity index (χ0n) is 12.4. The van der Waals surface area contributed by atoms with Gasteiger partial charge in [0.2, 0.25) is 0 Å². The van der Waals surface area contributed by atoms with Gasteiger partial charge in [0.05, 0.1) is 22.9 Å². The SMILES string of the molecule is C=C1CCC2C3=Nc4ccccc4[C@@]13CCN2C(=O)C(F)(F)F. The molecule has 2 bridgehead atoms. The monoisotopic (exact) mass is 320 g/mol. The number of likely N-dealkylation sites (tertiary alicyclic amines) is 1. The van der Waals surface area contributed by atoms with Crippen LogP contribution in [-0.4, -0.2) is 35.3 Å². The van der Waals surface area contributed by atoms with E-state index in [1.807, 2.05) is 24.3 Å². The maximum absolute atomic E-state index is 12.9. The highest BCUT2D eigenvalue weighted by Gasteiger charge is 2.58. The number of hydrogen-bond donors (Lipinski definition) is 0. The van der Waals surface area contributed by atoms with Crippen molar-refractivity contribution >= 4 is 17.3 Å². The van der Waals surface area contributed by atoms with Gasteiger partial charge in [-0.2, -0.15) is 13.2 Å². The third-order valence-electron chi connectivity index (χ3n) is 5.29. The first-order valence-corrected chi connectivity index (χ1v) is 7.60. The van der Waals surface area contributed by atoms with E-state index >= 15 is 0 Å². The van der Waals surface area contributed by atoms with Crippen LogP contribution in [0.1, 0.15) is 24.8 Å². The summed E-state index contributed by atoms with van der Waals surface area (Å²) in [5.41, 5.74) is 2.98. The number of nitrogens with zero attached hydrogens (tertiary/aromatic N) is 2. The number of carbonyl (C=O) groups is 1. The third-order valence-corrected chi connectivity index (χ3v) is 5.29. The summed E-state index contributed by atoms with van der Waals surface area (Å²) in [4.78, 5) is 17.3. The molecule has 23 heavy (non-hydrogen) atoms. The molecule has 4 rings (SSSR count). The smallest absolute Gasteiger partial charge is 0.326 e. The van der Waals surface area contributed by atoms with Gasteiger partial charge in [-0.15, -0.1) is 0 Å². The van der Waals surface area contributed by atoms with E-state index in [0.717, 1.165) is 21.7 Å². The van der Waals surface area contributed by atoms with Crippen LogP contribution in [0.5, 0.6) is 0 Å². The fraction of sp³-hybridized carbons (Fsp3) is 0.412. The Balaban J connectivity index is 1.82. The summed E-state index contributed by atoms with van der Waals surface area (Å²) in [5, 5.41) is 0. The molecule has 3 nitrogen and oxygen atoms in total. The third kappa shape index (κ3) is 1.77. The van der Waals surface area contributed by atoms with E-state index in [4.69, 9.17) is 0 Å². The molecule has 2 heterocycles. The van der Waals surface area contributed by atoms with Crippen LogP contribution in [-0.2, 0) is 10.2 Å². The zero-order chi connectivity index (χ0) is 16.4. The summed E-state index contributed by atoms with van der Waals surface area (Å²) in [7, 11) is 0. The van der Waals surface area contributed by atoms with E-state index < -0.39 is 23.5 Å². The molecule has 1 saturated carbocycles. The van der Waals surface area contributed by atoms with Gasteiger partial charge in [0.1, 0.15) is 0 Å². The lowest BCUT2D eigenvalue weighted by Crippen LogP contribution is -2.62. The van der Waals surface area contributed by atoms with Gasteiger partial charge in [-0.1, -0.05) is 30.4 Å². The lowest BCUT2D eigenvalue weighted by atomic mass is 9.60. The molecule has 0 radical (unpaired) electrons. The standard InChI is InChI=1S/C17H15F3N2O/c1-10-6-7-13-14-16(10,11-4-2-3-5-12(11)21-14)8-9-22(13)15(23)17(18,19)20/h2-5,13H,1,6-9H2/t13?,16-/m1/s1. The number of benzene rings is 1. The normalized spacial score (nSPS) is 29.0. The van der Waals surface area contributed by atoms with Crippen LogP contribution in [0.2, 0.25) is 0 Å². The molecule has 1 unspecified atom stereocenters. The van der Waals surface area contributed by atoms with Gasteiger partial charge in [-0.3, -0.25) is 9.79 Å². The summed E-state index contributed by atoms with van der Waals surface area (Å²) in [6, 6.07) is 7.03. The second-order valence-electron chi connectivity index (χ2n) is 6.32. The molecule has 0 N–H and O–H groups in total. The Kier molecular flexibility index (Phi) is 2.81. The van der Waals surface area contributed by atoms with Gasteiger partial charge in [0, 0.05) is 6.54 Å². The van der Waals surface area contributed by atoms with Crippen molar-refractivity contribution < 1.29 is 18.0 Å². The van der Waals surface area contributed by atoms with Crippen LogP contribution < -0.4 is 0 Å². The zero-order valence-corrected chi connectivity index (χ0v) is 12.4. The highest BCUT2D eigenvalue weighted by molar-refractivity contribution is 6.10. The molecule has 120 valence electrons. The second-order valence-corrected chi connectivity index (χ2v) is 6.32. The first-order chi connectivity index (χ1) is 10.9. The highest BCUT2D eigenvalue weighted by Crippen LogP contribution is 2.54. The molecule has 1 aromatic carbocycles. The van der Waals surface area contributed by atoms with E-state index in [1.54, 1.807) is 0 Å². The predicted octanol–water partition coefficient (Wildman–Crippen LogP) is 3.52. The number of piperidine rings is 1. The Hall–Kier alpha value is -2.11. The number of rotatable bonds is 0. The fourth-order valence-corrected chi connectivity index (χ4v) is 4.28. The van der Waals surface area contributed by atoms with Gasteiger partial charge in [0.15, 0.2) is 0 Å². The quantitative estimate of drug-likeness (QED) is 0.673. The van der Waals surface area contributed by atoms with Gasteiger partial charge < -0.3 is 4.90 Å². The minimum atomic E-state index is -4.85. The van der Waals surface area contributed by atoms with Crippen molar-refractivity contribution in [1.82, 2.24) is 4.90 Å². The molecule has 0 aromatic heterocycles. The van der Waals surface area contributed by atoms with Gasteiger partial charge in [-0.25, -0.2) is 0 Å². The van der Waals surface area contributed by atoms with Gasteiger partial charge in [0.25, 0.3) is 0 Å². The minimum absolute atomic E-state index is 0.0788. The van der Waals surface area contributed by atoms with Crippen molar-refractivity contribution in [2.45, 2.75) is 36.9 Å². The Labute approximate surface area is 131 Å². The minimum Gasteiger partial charge on any atom is -0.326 e. The van der Waals surface area contributed by atoms with E-state index in [-0.39, 0.29) is 6.54 Å². The molecule has 2 atom stereocenters. The summed E-state index contributed by atoms with van der Waals surface area (Å²) in [6.45, 7) is 4.26. The highest BCUT2D eigenvalue weighted by atomic mass is 19.4. The summed E-state index contributed by atoms with van der Waals surface area (Å²) >= 11 is 0. The fourth-order valence-electron chi connectivity index (χ4n) is 4.28. The van der Waals surface area contributed by atoms with Crippen LogP contribution in [0.4, 0.5) is 18.9 Å². The molecule has 1 aromatic rings. The molecule has 2 aliphatic heterocycles. The largest absolute Gasteiger partial charge is 0.471 e. The Morgan fingerprint density at radius 2 is 2.09 bits per heavy atom. The number of hydrogen-bond acceptors (Lipinski definition) is 2. The Morgan fingerprint density at radius 1 is 1.35 bits per heavy atom. The van der Waals surface area contributed by atoms with E-state index in [9.17, 15) is 18.0 Å². The molecular weight excluding hydrogens is 305 g/mol. The van der Waals surface area contributed by atoms with Crippen molar-refractivity contribution in [3.63, 3.8) is 0 Å². The number of aliphatic imine (C=N–C) groups is 1. The average molecular weight is 320 g/mol. The second kappa shape index (κ2) is 4.46. The lowest BCUT2D eigenvalue weighted by Gasteiger charge is -2.50. The first-order valence-electron chi connectivity index (χ1n) is 7.60. The maximum Gasteiger partial charge on any atom is 0.471 e. The van der Waals surface area contributed by atoms with Crippen LogP contribution in [0, 0.1) is 0 Å². The number of para-hydroxylation sites is 1. The number of carbonyl (C=O) groups excluding carboxylic acids is 1. The first kappa shape index (κ1) is 14.5. The van der Waals surface area contributed by atoms with E-state index in [1.165, 1.54) is 0 Å². The van der Waals surface area contributed by atoms with Crippen LogP contribution in [0.15, 0.2) is 41.4 Å². The summed E-state index contributed by atoms with van der Waals surface area (Å²) in [6.07, 6.45) is -3.37. The van der Waals surface area contributed by atoms with Crippen molar-refractivity contribution in [2.24, 2.45) is 4.99 Å². The van der Waals surface area contributed by atoms with Gasteiger partial charge >= 0.3 is 12.1 Å². The average Bonchev–Trinajstić information content (AvgIpc) is 2.86. The van der Waals surface area contributed by atoms with E-state index in [2.05, 4.69) is 11.6 Å². The molecule has 6 heteroatoms. The van der Waals surface area contributed by atoms with Gasteiger partial charge in [-0.05, 0) is 30.9 Å². The number of fused-ring (bicyclic) bond motifs is 1. The molecule has 0 spiro atoms. The molecule has 3 aliphatic rings.